The van der Waals surface area contributed by atoms with E-state index in [1.165, 1.54) is 0 Å². The van der Waals surface area contributed by atoms with Gasteiger partial charge in [-0.2, -0.15) is 25.3 Å². The molecular weight excluding hydrogens is 443 g/mol. The van der Waals surface area contributed by atoms with Crippen molar-refractivity contribution in [3.63, 3.8) is 0 Å². The highest BCUT2D eigenvalue weighted by Gasteiger charge is 2.36. The summed E-state index contributed by atoms with van der Waals surface area (Å²) in [6.07, 6.45) is 0. The molecule has 3 fully saturated rings. The van der Waals surface area contributed by atoms with Crippen LogP contribution in [-0.2, 0) is 56.9 Å². The minimum absolute atomic E-state index is 0.0154. The van der Waals surface area contributed by atoms with Gasteiger partial charge in [0, 0.05) is 37.6 Å². The highest BCUT2D eigenvalue weighted by molar-refractivity contribution is 7.87. The fourth-order valence-corrected chi connectivity index (χ4v) is 6.63. The Kier molecular flexibility index (Phi) is 7.04. The molecule has 3 aliphatic heterocycles. The molecule has 0 aliphatic carbocycles. The molecule has 0 saturated carbocycles. The van der Waals surface area contributed by atoms with E-state index < -0.39 is 55.4 Å². The molecule has 3 aliphatic rings. The van der Waals surface area contributed by atoms with Crippen molar-refractivity contribution >= 4 is 37.7 Å². The van der Waals surface area contributed by atoms with Crippen molar-refractivity contribution in [2.75, 3.05) is 56.9 Å². The second-order valence-electron chi connectivity index (χ2n) is 6.91. The van der Waals surface area contributed by atoms with Crippen LogP contribution in [0.5, 0.6) is 0 Å². The van der Waals surface area contributed by atoms with Gasteiger partial charge in [-0.05, 0) is 0 Å². The number of rotatable bonds is 9. The van der Waals surface area contributed by atoms with E-state index in [4.69, 9.17) is 14.0 Å². The summed E-state index contributed by atoms with van der Waals surface area (Å²) in [6.45, 7) is -0.121. The monoisotopic (exact) mass is 464 g/mol. The van der Waals surface area contributed by atoms with Crippen LogP contribution in [0.3, 0.4) is 0 Å². The molecule has 0 aromatic rings. The first-order chi connectivity index (χ1) is 13.0. The Balaban J connectivity index is 1.49. The summed E-state index contributed by atoms with van der Waals surface area (Å²) in [6, 6.07) is 0. The van der Waals surface area contributed by atoms with Crippen LogP contribution in [0, 0.1) is 17.8 Å². The van der Waals surface area contributed by atoms with E-state index >= 15 is 0 Å². The second kappa shape index (κ2) is 8.81. The van der Waals surface area contributed by atoms with Crippen molar-refractivity contribution in [3.8, 4) is 0 Å². The van der Waals surface area contributed by atoms with Crippen LogP contribution in [0.25, 0.3) is 0 Å². The van der Waals surface area contributed by atoms with Gasteiger partial charge < -0.3 is 14.0 Å². The average molecular weight is 464 g/mol. The highest BCUT2D eigenvalue weighted by Crippen LogP contribution is 2.19. The van der Waals surface area contributed by atoms with Crippen molar-refractivity contribution < 1.29 is 51.8 Å². The lowest BCUT2D eigenvalue weighted by Crippen LogP contribution is -2.34. The molecule has 0 aromatic heterocycles. The zero-order valence-corrected chi connectivity index (χ0v) is 17.2. The van der Waals surface area contributed by atoms with E-state index in [2.05, 4.69) is 12.5 Å². The Labute approximate surface area is 164 Å². The molecule has 0 bridgehead atoms. The molecule has 0 spiro atoms. The van der Waals surface area contributed by atoms with Gasteiger partial charge in [0.25, 0.3) is 30.4 Å². The van der Waals surface area contributed by atoms with Gasteiger partial charge in [-0.15, -0.1) is 0 Å². The van der Waals surface area contributed by atoms with E-state index in [-0.39, 0.29) is 56.9 Å². The summed E-state index contributed by atoms with van der Waals surface area (Å²) in [5.41, 5.74) is 0. The summed E-state index contributed by atoms with van der Waals surface area (Å²) >= 11 is 0. The van der Waals surface area contributed by atoms with Gasteiger partial charge in [0.1, 0.15) is 0 Å². The zero-order chi connectivity index (χ0) is 20.4. The summed E-state index contributed by atoms with van der Waals surface area (Å²) in [5.74, 6) is -1.77. The smallest absolute Gasteiger partial charge is 0.385 e. The molecule has 12 nitrogen and oxygen atoms in total. The minimum Gasteiger partial charge on any atom is -0.385 e. The van der Waals surface area contributed by atoms with Crippen molar-refractivity contribution in [3.05, 3.63) is 0 Å². The van der Waals surface area contributed by atoms with Crippen molar-refractivity contribution in [1.29, 1.82) is 0 Å². The van der Waals surface area contributed by atoms with Gasteiger partial charge >= 0.3 is 7.32 Å². The van der Waals surface area contributed by atoms with Crippen LogP contribution in [-0.4, -0.2) is 89.5 Å². The predicted octanol–water partition coefficient (Wildman–Crippen LogP) is -2.05. The first-order valence-electron chi connectivity index (χ1n) is 8.48. The maximum atomic E-state index is 11.3. The molecule has 0 amide bonds. The molecule has 3 saturated heterocycles. The summed E-state index contributed by atoms with van der Waals surface area (Å²) in [5, 5.41) is 0. The van der Waals surface area contributed by atoms with Crippen LogP contribution in [0.2, 0.25) is 0 Å². The molecule has 3 rings (SSSR count). The Hall–Kier alpha value is -0.325. The van der Waals surface area contributed by atoms with Crippen LogP contribution < -0.4 is 0 Å². The van der Waals surface area contributed by atoms with Crippen LogP contribution in [0.1, 0.15) is 0 Å². The van der Waals surface area contributed by atoms with E-state index in [1.54, 1.807) is 0 Å². The lowest BCUT2D eigenvalue weighted by molar-refractivity contribution is 0.0576. The zero-order valence-electron chi connectivity index (χ0n) is 14.8. The topological polar surface area (TPSA) is 158 Å². The molecule has 28 heavy (non-hydrogen) atoms. The van der Waals surface area contributed by atoms with E-state index in [0.29, 0.717) is 0 Å². The lowest BCUT2D eigenvalue weighted by Gasteiger charge is -2.18. The molecule has 0 aromatic carbocycles. The van der Waals surface area contributed by atoms with E-state index in [0.717, 1.165) is 0 Å². The van der Waals surface area contributed by atoms with E-state index in [9.17, 15) is 25.3 Å². The van der Waals surface area contributed by atoms with Gasteiger partial charge in [-0.3, -0.25) is 12.5 Å². The molecule has 162 valence electrons. The standard InChI is InChI=1S/C12H21BO12S3/c14-26(15)7-10(4-23-26)1-20-13(21-2-11-5-24-27(16,17)8-11)22-3-12-6-25-28(18,19)9-12/h10-12H,1-9H2. The molecule has 16 heteroatoms. The van der Waals surface area contributed by atoms with Crippen LogP contribution >= 0.6 is 0 Å². The van der Waals surface area contributed by atoms with Gasteiger partial charge in [-0.1, -0.05) is 0 Å². The normalized spacial score (nSPS) is 33.2. The quantitative estimate of drug-likeness (QED) is 0.272. The number of hydrogen-bond acceptors (Lipinski definition) is 12. The first-order valence-corrected chi connectivity index (χ1v) is 13.2. The SMILES string of the molecule is O=S1(=O)CC(COB(OCC2COS(=O)(=O)C2)OCC2COS(=O)(=O)C2)CO1. The maximum absolute atomic E-state index is 11.3. The van der Waals surface area contributed by atoms with Crippen molar-refractivity contribution in [2.45, 2.75) is 0 Å². The van der Waals surface area contributed by atoms with Crippen molar-refractivity contribution in [1.82, 2.24) is 0 Å². The third kappa shape index (κ3) is 6.88. The summed E-state index contributed by atoms with van der Waals surface area (Å²) in [4.78, 5) is 0. The predicted molar refractivity (Wildman–Crippen MR) is 93.3 cm³/mol. The molecule has 3 atom stereocenters. The Morgan fingerprint density at radius 3 is 1.11 bits per heavy atom. The second-order valence-corrected chi connectivity index (χ2v) is 12.0. The third-order valence-electron chi connectivity index (χ3n) is 4.17. The molecule has 0 N–H and O–H groups in total. The Bertz CT molecular complexity index is 740. The van der Waals surface area contributed by atoms with Crippen LogP contribution in [0.4, 0.5) is 0 Å². The van der Waals surface area contributed by atoms with E-state index in [1.807, 2.05) is 0 Å². The summed E-state index contributed by atoms with van der Waals surface area (Å²) < 4.78 is 98.3. The molecular formula is C12H21BO12S3. The van der Waals surface area contributed by atoms with Gasteiger partial charge in [0.05, 0.1) is 37.1 Å². The van der Waals surface area contributed by atoms with Gasteiger partial charge in [-0.25, -0.2) is 0 Å². The molecule has 3 unspecified atom stereocenters. The van der Waals surface area contributed by atoms with Crippen LogP contribution in [0.15, 0.2) is 0 Å². The molecule has 0 radical (unpaired) electrons. The van der Waals surface area contributed by atoms with Crippen molar-refractivity contribution in [2.24, 2.45) is 17.8 Å². The Morgan fingerprint density at radius 2 is 0.893 bits per heavy atom. The molecule has 3 heterocycles. The maximum Gasteiger partial charge on any atom is 0.639 e. The number of hydrogen-bond donors (Lipinski definition) is 0. The highest BCUT2D eigenvalue weighted by atomic mass is 32.2. The average Bonchev–Trinajstić information content (AvgIpc) is 3.23. The largest absolute Gasteiger partial charge is 0.639 e. The first kappa shape index (κ1) is 22.4. The lowest BCUT2D eigenvalue weighted by atomic mass is 10.1. The fourth-order valence-electron chi connectivity index (χ4n) is 2.83. The minimum atomic E-state index is -3.55. The van der Waals surface area contributed by atoms with Gasteiger partial charge in [0.2, 0.25) is 0 Å². The van der Waals surface area contributed by atoms with Gasteiger partial charge in [0.15, 0.2) is 0 Å². The Morgan fingerprint density at radius 1 is 0.607 bits per heavy atom. The third-order valence-corrected chi connectivity index (χ3v) is 8.30. The fraction of sp³-hybridized carbons (Fsp3) is 1.00. The summed E-state index contributed by atoms with van der Waals surface area (Å²) in [7, 11) is -11.9.